The molecule has 18 heavy (non-hydrogen) atoms. The first-order chi connectivity index (χ1) is 8.65. The number of hydrogen-bond acceptors (Lipinski definition) is 3. The average molecular weight is 238 g/mol. The van der Waals surface area contributed by atoms with Gasteiger partial charge in [0.25, 0.3) is 0 Å². The van der Waals surface area contributed by atoms with E-state index in [9.17, 15) is 4.79 Å². The zero-order valence-electron chi connectivity index (χ0n) is 9.84. The molecule has 0 radical (unpaired) electrons. The Kier molecular flexibility index (Phi) is 3.44. The van der Waals surface area contributed by atoms with E-state index in [4.69, 9.17) is 11.5 Å². The van der Waals surface area contributed by atoms with Crippen LogP contribution in [0.1, 0.15) is 15.9 Å². The Morgan fingerprint density at radius 3 is 2.33 bits per heavy atom. The van der Waals surface area contributed by atoms with Gasteiger partial charge in [0, 0.05) is 16.9 Å². The normalized spacial score (nSPS) is 10.7. The maximum Gasteiger partial charge on any atom is 0.185 e. The molecule has 0 aromatic heterocycles. The Bertz CT molecular complexity index is 586. The van der Waals surface area contributed by atoms with Gasteiger partial charge in [0.2, 0.25) is 0 Å². The lowest BCUT2D eigenvalue weighted by molar-refractivity contribution is 0.104. The van der Waals surface area contributed by atoms with Crippen LogP contribution in [-0.4, -0.2) is 5.78 Å². The van der Waals surface area contributed by atoms with Gasteiger partial charge < -0.3 is 11.5 Å². The highest BCUT2D eigenvalue weighted by Gasteiger charge is 2.01. The molecule has 90 valence electrons. The summed E-state index contributed by atoms with van der Waals surface area (Å²) < 4.78 is 0. The molecule has 3 nitrogen and oxygen atoms in total. The summed E-state index contributed by atoms with van der Waals surface area (Å²) in [5.41, 5.74) is 14.0. The highest BCUT2D eigenvalue weighted by atomic mass is 16.1. The zero-order valence-corrected chi connectivity index (χ0v) is 9.84. The van der Waals surface area contributed by atoms with E-state index in [0.717, 1.165) is 5.56 Å². The molecular formula is C15H14N2O. The number of nitrogens with two attached hydrogens (primary N) is 2. The van der Waals surface area contributed by atoms with Crippen LogP contribution in [0.4, 0.5) is 11.4 Å². The quantitative estimate of drug-likeness (QED) is 0.490. The van der Waals surface area contributed by atoms with E-state index >= 15 is 0 Å². The molecule has 3 heteroatoms. The van der Waals surface area contributed by atoms with Crippen molar-refractivity contribution in [2.24, 2.45) is 0 Å². The number of benzene rings is 2. The molecule has 0 bridgehead atoms. The third-order valence-corrected chi connectivity index (χ3v) is 2.53. The van der Waals surface area contributed by atoms with E-state index < -0.39 is 0 Å². The van der Waals surface area contributed by atoms with Crippen molar-refractivity contribution in [3.05, 3.63) is 65.7 Å². The second-order valence-electron chi connectivity index (χ2n) is 3.99. The minimum absolute atomic E-state index is 0.0703. The summed E-state index contributed by atoms with van der Waals surface area (Å²) in [5.74, 6) is -0.0703. The van der Waals surface area contributed by atoms with Gasteiger partial charge in [-0.15, -0.1) is 0 Å². The molecule has 0 saturated carbocycles. The summed E-state index contributed by atoms with van der Waals surface area (Å²) in [5, 5.41) is 0. The maximum absolute atomic E-state index is 11.9. The molecule has 0 aliphatic heterocycles. The smallest absolute Gasteiger partial charge is 0.185 e. The molecular weight excluding hydrogens is 224 g/mol. The number of carbonyl (C=O) groups excluding carboxylic acids is 1. The molecule has 2 aromatic carbocycles. The summed E-state index contributed by atoms with van der Waals surface area (Å²) >= 11 is 0. The fourth-order valence-electron chi connectivity index (χ4n) is 1.57. The van der Waals surface area contributed by atoms with Crippen molar-refractivity contribution in [3.8, 4) is 0 Å². The van der Waals surface area contributed by atoms with Crippen LogP contribution in [0, 0.1) is 0 Å². The van der Waals surface area contributed by atoms with Crippen LogP contribution in [0.25, 0.3) is 6.08 Å². The predicted molar refractivity (Wildman–Crippen MR) is 75.1 cm³/mol. The first-order valence-electron chi connectivity index (χ1n) is 5.58. The highest BCUT2D eigenvalue weighted by Crippen LogP contribution is 2.10. The lowest BCUT2D eigenvalue weighted by Gasteiger charge is -1.98. The van der Waals surface area contributed by atoms with Crippen molar-refractivity contribution in [3.63, 3.8) is 0 Å². The van der Waals surface area contributed by atoms with Gasteiger partial charge in [-0.2, -0.15) is 0 Å². The van der Waals surface area contributed by atoms with Gasteiger partial charge in [-0.25, -0.2) is 0 Å². The second kappa shape index (κ2) is 5.19. The van der Waals surface area contributed by atoms with E-state index in [1.54, 1.807) is 42.5 Å². The number of carbonyl (C=O) groups is 1. The number of nitrogen functional groups attached to an aromatic ring is 2. The summed E-state index contributed by atoms with van der Waals surface area (Å²) in [6.07, 6.45) is 3.28. The first kappa shape index (κ1) is 11.9. The molecule has 0 fully saturated rings. The monoisotopic (exact) mass is 238 g/mol. The molecule has 4 N–H and O–H groups in total. The van der Waals surface area contributed by atoms with Crippen LogP contribution in [0.2, 0.25) is 0 Å². The molecule has 0 atom stereocenters. The van der Waals surface area contributed by atoms with E-state index in [0.29, 0.717) is 16.9 Å². The van der Waals surface area contributed by atoms with Crippen LogP contribution in [-0.2, 0) is 0 Å². The fraction of sp³-hybridized carbons (Fsp3) is 0. The lowest BCUT2D eigenvalue weighted by Crippen LogP contribution is -1.95. The topological polar surface area (TPSA) is 69.1 Å². The van der Waals surface area contributed by atoms with E-state index in [1.807, 2.05) is 12.1 Å². The van der Waals surface area contributed by atoms with Gasteiger partial charge in [0.1, 0.15) is 0 Å². The summed E-state index contributed by atoms with van der Waals surface area (Å²) in [7, 11) is 0. The zero-order chi connectivity index (χ0) is 13.0. The van der Waals surface area contributed by atoms with Gasteiger partial charge in [0.05, 0.1) is 0 Å². The predicted octanol–water partition coefficient (Wildman–Crippen LogP) is 2.75. The largest absolute Gasteiger partial charge is 0.399 e. The number of anilines is 2. The lowest BCUT2D eigenvalue weighted by atomic mass is 10.1. The number of rotatable bonds is 3. The van der Waals surface area contributed by atoms with Crippen molar-refractivity contribution >= 4 is 23.2 Å². The van der Waals surface area contributed by atoms with E-state index in [2.05, 4.69) is 0 Å². The van der Waals surface area contributed by atoms with Crippen molar-refractivity contribution in [1.29, 1.82) is 0 Å². The Morgan fingerprint density at radius 1 is 0.944 bits per heavy atom. The third kappa shape index (κ3) is 2.98. The SMILES string of the molecule is Nc1ccc(C=CC(=O)c2cccc(N)c2)cc1. The fourth-order valence-corrected chi connectivity index (χ4v) is 1.57. The Morgan fingerprint density at radius 2 is 1.67 bits per heavy atom. The Labute approximate surface area is 106 Å². The summed E-state index contributed by atoms with van der Waals surface area (Å²) in [6.45, 7) is 0. The van der Waals surface area contributed by atoms with Gasteiger partial charge in [-0.05, 0) is 35.9 Å². The van der Waals surface area contributed by atoms with Crippen LogP contribution in [0.5, 0.6) is 0 Å². The van der Waals surface area contributed by atoms with Gasteiger partial charge in [-0.3, -0.25) is 4.79 Å². The van der Waals surface area contributed by atoms with Crippen molar-refractivity contribution in [2.75, 3.05) is 11.5 Å². The number of hydrogen-bond donors (Lipinski definition) is 2. The standard InChI is InChI=1S/C15H14N2O/c16-13-7-4-11(5-8-13)6-9-15(18)12-2-1-3-14(17)10-12/h1-10H,16-17H2. The minimum atomic E-state index is -0.0703. The number of ketones is 1. The van der Waals surface area contributed by atoms with Crippen molar-refractivity contribution < 1.29 is 4.79 Å². The van der Waals surface area contributed by atoms with Crippen LogP contribution < -0.4 is 11.5 Å². The summed E-state index contributed by atoms with van der Waals surface area (Å²) in [6, 6.07) is 14.2. The van der Waals surface area contributed by atoms with Gasteiger partial charge in [0.15, 0.2) is 5.78 Å². The van der Waals surface area contributed by atoms with Gasteiger partial charge >= 0.3 is 0 Å². The summed E-state index contributed by atoms with van der Waals surface area (Å²) in [4.78, 5) is 11.9. The third-order valence-electron chi connectivity index (χ3n) is 2.53. The molecule has 2 aromatic rings. The second-order valence-corrected chi connectivity index (χ2v) is 3.99. The Hall–Kier alpha value is -2.55. The van der Waals surface area contributed by atoms with Crippen LogP contribution in [0.3, 0.4) is 0 Å². The van der Waals surface area contributed by atoms with Crippen molar-refractivity contribution in [1.82, 2.24) is 0 Å². The molecule has 2 rings (SSSR count). The Balaban J connectivity index is 2.14. The molecule has 0 heterocycles. The van der Waals surface area contributed by atoms with Gasteiger partial charge in [-0.1, -0.05) is 30.3 Å². The van der Waals surface area contributed by atoms with Crippen LogP contribution >= 0.6 is 0 Å². The maximum atomic E-state index is 11.9. The highest BCUT2D eigenvalue weighted by molar-refractivity contribution is 6.07. The van der Waals surface area contributed by atoms with E-state index in [1.165, 1.54) is 6.08 Å². The average Bonchev–Trinajstić information content (AvgIpc) is 2.38. The van der Waals surface area contributed by atoms with Crippen LogP contribution in [0.15, 0.2) is 54.6 Å². The van der Waals surface area contributed by atoms with E-state index in [-0.39, 0.29) is 5.78 Å². The van der Waals surface area contributed by atoms with Crippen molar-refractivity contribution in [2.45, 2.75) is 0 Å². The molecule has 0 unspecified atom stereocenters. The molecule has 0 aliphatic carbocycles. The molecule has 0 spiro atoms. The molecule has 0 aliphatic rings. The number of allylic oxidation sites excluding steroid dienone is 1. The minimum Gasteiger partial charge on any atom is -0.399 e. The first-order valence-corrected chi connectivity index (χ1v) is 5.58. The molecule has 0 amide bonds. The molecule has 0 saturated heterocycles.